The van der Waals surface area contributed by atoms with Crippen LogP contribution in [0.4, 0.5) is 22.7 Å². The van der Waals surface area contributed by atoms with Crippen LogP contribution in [0.25, 0.3) is 0 Å². The largest absolute Gasteiger partial charge is 0.384 e. The van der Waals surface area contributed by atoms with Crippen molar-refractivity contribution < 1.29 is 9.47 Å². The number of rotatable bonds is 4. The number of thiophene rings is 4. The van der Waals surface area contributed by atoms with E-state index in [-0.39, 0.29) is 11.8 Å². The molecule has 0 unspecified atom stereocenters. The minimum Gasteiger partial charge on any atom is -0.384 e. The van der Waals surface area contributed by atoms with Crippen LogP contribution in [-0.4, -0.2) is 27.4 Å². The molecule has 0 atom stereocenters. The molecule has 0 fully saturated rings. The first kappa shape index (κ1) is 20.2. The van der Waals surface area contributed by atoms with Crippen molar-refractivity contribution in [1.29, 1.82) is 0 Å². The summed E-state index contributed by atoms with van der Waals surface area (Å²) >= 11 is 7.14. The normalized spacial score (nSPS) is 18.1. The highest BCUT2D eigenvalue weighted by Crippen LogP contribution is 2.47. The van der Waals surface area contributed by atoms with Crippen molar-refractivity contribution in [3.05, 3.63) is 65.3 Å². The number of ether oxygens (including phenoxy) is 2. The Bertz CT molecular complexity index is 957. The maximum atomic E-state index is 5.66. The molecule has 0 bridgehead atoms. The summed E-state index contributed by atoms with van der Waals surface area (Å²) in [5, 5.41) is 16.1. The van der Waals surface area contributed by atoms with E-state index in [1.54, 1.807) is 59.6 Å². The highest BCUT2D eigenvalue weighted by molar-refractivity contribution is 7.13. The molecule has 2 N–H and O–H groups in total. The van der Waals surface area contributed by atoms with Gasteiger partial charge in [0, 0.05) is 33.7 Å². The Labute approximate surface area is 192 Å². The topological polar surface area (TPSA) is 42.5 Å². The predicted octanol–water partition coefficient (Wildman–Crippen LogP) is 7.29. The molecule has 0 saturated heterocycles. The molecule has 4 nitrogen and oxygen atoms in total. The summed E-state index contributed by atoms with van der Waals surface area (Å²) in [5.74, 6) is 0.358. The van der Waals surface area contributed by atoms with Crippen molar-refractivity contribution in [2.75, 3.05) is 38.1 Å². The van der Waals surface area contributed by atoms with E-state index in [0.717, 1.165) is 22.7 Å². The lowest BCUT2D eigenvalue weighted by atomic mass is 10.0. The Morgan fingerprint density at radius 3 is 1.17 bits per heavy atom. The van der Waals surface area contributed by atoms with Crippen LogP contribution in [0.3, 0.4) is 0 Å². The molecule has 0 aliphatic carbocycles. The van der Waals surface area contributed by atoms with E-state index in [2.05, 4.69) is 56.4 Å². The van der Waals surface area contributed by atoms with Crippen LogP contribution in [-0.2, 0) is 9.47 Å². The second kappa shape index (κ2) is 8.82. The van der Waals surface area contributed by atoms with E-state index < -0.39 is 0 Å². The number of anilines is 4. The van der Waals surface area contributed by atoms with Crippen molar-refractivity contribution >= 4 is 68.1 Å². The van der Waals surface area contributed by atoms with E-state index in [9.17, 15) is 0 Å². The van der Waals surface area contributed by atoms with Gasteiger partial charge in [-0.15, -0.1) is 45.3 Å². The zero-order valence-electron chi connectivity index (χ0n) is 16.6. The van der Waals surface area contributed by atoms with Crippen molar-refractivity contribution in [2.24, 2.45) is 0 Å². The fraction of sp³-hybridized carbons (Fsp3) is 0.273. The molecule has 0 spiro atoms. The van der Waals surface area contributed by atoms with Crippen molar-refractivity contribution in [1.82, 2.24) is 0 Å². The van der Waals surface area contributed by atoms with E-state index in [1.165, 1.54) is 19.5 Å². The maximum Gasteiger partial charge on any atom is 0.0589 e. The Balaban J connectivity index is 1.71. The van der Waals surface area contributed by atoms with Crippen LogP contribution < -0.4 is 10.6 Å². The maximum absolute atomic E-state index is 5.66. The van der Waals surface area contributed by atoms with Crippen LogP contribution >= 0.6 is 45.3 Å². The first-order chi connectivity index (χ1) is 14.8. The third-order valence-corrected chi connectivity index (χ3v) is 9.37. The molecule has 0 amide bonds. The molecule has 0 radical (unpaired) electrons. The Kier molecular flexibility index (Phi) is 5.95. The summed E-state index contributed by atoms with van der Waals surface area (Å²) in [6.07, 6.45) is 0. The van der Waals surface area contributed by atoms with Gasteiger partial charge in [0.1, 0.15) is 0 Å². The Morgan fingerprint density at radius 1 is 0.600 bits per heavy atom. The molecule has 5 heterocycles. The monoisotopic (exact) mass is 474 g/mol. The molecule has 1 aliphatic heterocycles. The summed E-state index contributed by atoms with van der Waals surface area (Å²) in [6, 6.07) is 8.72. The number of fused-ring (bicyclic) bond motifs is 4. The molecule has 4 aromatic heterocycles. The lowest BCUT2D eigenvalue weighted by Crippen LogP contribution is -2.12. The molecule has 1 aliphatic rings. The number of hydrogen-bond acceptors (Lipinski definition) is 8. The summed E-state index contributed by atoms with van der Waals surface area (Å²) in [6.45, 7) is 1.29. The Hall–Kier alpha value is -1.68. The van der Waals surface area contributed by atoms with Gasteiger partial charge in [-0.05, 0) is 45.8 Å². The SMILES string of the molecule is COCC1c2sccc2Nc2ccsc2C(COC)c2sccc2Nc2ccsc21. The third kappa shape index (κ3) is 3.62. The molecule has 0 aromatic carbocycles. The van der Waals surface area contributed by atoms with Crippen molar-refractivity contribution in [2.45, 2.75) is 11.8 Å². The summed E-state index contributed by atoms with van der Waals surface area (Å²) in [5.41, 5.74) is 4.63. The van der Waals surface area contributed by atoms with Gasteiger partial charge in [-0.2, -0.15) is 0 Å². The van der Waals surface area contributed by atoms with E-state index >= 15 is 0 Å². The van der Waals surface area contributed by atoms with Gasteiger partial charge in [0.15, 0.2) is 0 Å². The summed E-state index contributed by atoms with van der Waals surface area (Å²) in [4.78, 5) is 5.20. The second-order valence-corrected chi connectivity index (χ2v) is 10.9. The number of hydrogen-bond donors (Lipinski definition) is 2. The van der Waals surface area contributed by atoms with Crippen LogP contribution in [0.2, 0.25) is 0 Å². The van der Waals surface area contributed by atoms with Gasteiger partial charge in [0.25, 0.3) is 0 Å². The molecule has 156 valence electrons. The van der Waals surface area contributed by atoms with E-state index in [0.29, 0.717) is 13.2 Å². The average Bonchev–Trinajstić information content (AvgIpc) is 3.53. The van der Waals surface area contributed by atoms with Gasteiger partial charge in [0.2, 0.25) is 0 Å². The average molecular weight is 475 g/mol. The molecule has 8 heteroatoms. The zero-order chi connectivity index (χ0) is 20.5. The van der Waals surface area contributed by atoms with Gasteiger partial charge < -0.3 is 20.1 Å². The van der Waals surface area contributed by atoms with Crippen LogP contribution in [0, 0.1) is 0 Å². The van der Waals surface area contributed by atoms with Crippen molar-refractivity contribution in [3.63, 3.8) is 0 Å². The summed E-state index contributed by atoms with van der Waals surface area (Å²) in [7, 11) is 3.56. The van der Waals surface area contributed by atoms with Gasteiger partial charge in [-0.25, -0.2) is 0 Å². The number of methoxy groups -OCH3 is 2. The second-order valence-electron chi connectivity index (χ2n) is 7.06. The van der Waals surface area contributed by atoms with Gasteiger partial charge in [-0.3, -0.25) is 0 Å². The van der Waals surface area contributed by atoms with Gasteiger partial charge in [-0.1, -0.05) is 0 Å². The van der Waals surface area contributed by atoms with Crippen LogP contribution in [0.5, 0.6) is 0 Å². The zero-order valence-corrected chi connectivity index (χ0v) is 19.9. The first-order valence-electron chi connectivity index (χ1n) is 9.61. The van der Waals surface area contributed by atoms with Crippen molar-refractivity contribution in [3.8, 4) is 0 Å². The summed E-state index contributed by atoms with van der Waals surface area (Å²) < 4.78 is 11.3. The van der Waals surface area contributed by atoms with E-state index in [1.807, 2.05) is 0 Å². The predicted molar refractivity (Wildman–Crippen MR) is 131 cm³/mol. The molecule has 30 heavy (non-hydrogen) atoms. The highest BCUT2D eigenvalue weighted by Gasteiger charge is 2.28. The van der Waals surface area contributed by atoms with Crippen LogP contribution in [0.1, 0.15) is 31.3 Å². The standard InChI is InChI=1S/C22H22N2O2S4/c1-25-11-13-19-15(3-7-27-19)23-17-5-9-29-21(17)14(12-26-2)22-18(6-10-30-22)24-16-4-8-28-20(13)16/h3-10,13-14,23-24H,11-12H2,1-2H3. The molecular weight excluding hydrogens is 453 g/mol. The lowest BCUT2D eigenvalue weighted by Gasteiger charge is -2.23. The van der Waals surface area contributed by atoms with Crippen LogP contribution in [0.15, 0.2) is 45.8 Å². The lowest BCUT2D eigenvalue weighted by molar-refractivity contribution is 0.191. The Morgan fingerprint density at radius 2 is 0.900 bits per heavy atom. The fourth-order valence-electron chi connectivity index (χ4n) is 3.94. The number of nitrogens with one attached hydrogen (secondary N) is 2. The smallest absolute Gasteiger partial charge is 0.0589 e. The highest BCUT2D eigenvalue weighted by atomic mass is 32.1. The van der Waals surface area contributed by atoms with E-state index in [4.69, 9.17) is 9.47 Å². The molecular formula is C22H22N2O2S4. The molecule has 5 rings (SSSR count). The van der Waals surface area contributed by atoms with Gasteiger partial charge >= 0.3 is 0 Å². The minimum absolute atomic E-state index is 0.179. The fourth-order valence-corrected chi connectivity index (χ4v) is 7.88. The quantitative estimate of drug-likeness (QED) is 0.326. The minimum atomic E-state index is 0.179. The molecule has 0 saturated carbocycles. The first-order valence-corrected chi connectivity index (χ1v) is 13.1. The molecule has 4 aromatic rings. The third-order valence-electron chi connectivity index (χ3n) is 5.25. The van der Waals surface area contributed by atoms with Gasteiger partial charge in [0.05, 0.1) is 47.8 Å².